The van der Waals surface area contributed by atoms with Crippen molar-refractivity contribution in [3.8, 4) is 0 Å². The summed E-state index contributed by atoms with van der Waals surface area (Å²) in [6.07, 6.45) is 6.22. The number of nitrogens with zero attached hydrogens (tertiary/aromatic N) is 2. The summed E-state index contributed by atoms with van der Waals surface area (Å²) in [5, 5.41) is 13.6. The highest BCUT2D eigenvalue weighted by atomic mass is 16.3. The van der Waals surface area contributed by atoms with Crippen molar-refractivity contribution in [1.82, 2.24) is 9.97 Å². The Kier molecular flexibility index (Phi) is 3.86. The van der Waals surface area contributed by atoms with E-state index in [0.717, 1.165) is 25.7 Å². The van der Waals surface area contributed by atoms with E-state index in [0.29, 0.717) is 18.2 Å². The largest absolute Gasteiger partial charge is 0.388 e. The number of aromatic nitrogens is 2. The Morgan fingerprint density at radius 1 is 1.17 bits per heavy atom. The minimum Gasteiger partial charge on any atom is -0.388 e. The van der Waals surface area contributed by atoms with Crippen LogP contribution in [0.15, 0.2) is 6.07 Å². The summed E-state index contributed by atoms with van der Waals surface area (Å²) in [6, 6.07) is 1.62. The molecule has 0 atom stereocenters. The van der Waals surface area contributed by atoms with Crippen LogP contribution in [0, 0.1) is 0 Å². The van der Waals surface area contributed by atoms with E-state index in [1.165, 1.54) is 12.8 Å². The molecule has 0 spiro atoms. The van der Waals surface area contributed by atoms with Crippen LogP contribution in [0.1, 0.15) is 38.5 Å². The van der Waals surface area contributed by atoms with Gasteiger partial charge in [0.1, 0.15) is 11.6 Å². The van der Waals surface area contributed by atoms with E-state index in [-0.39, 0.29) is 5.95 Å². The van der Waals surface area contributed by atoms with Crippen LogP contribution in [-0.2, 0) is 0 Å². The molecule has 6 N–H and O–H groups in total. The molecule has 1 saturated carbocycles. The number of nitrogen functional groups attached to an aromatic ring is 2. The SMILES string of the molecule is Nc1cc(NCC2(O)CCCCCC2)nc(N)n1. The Bertz CT molecular complexity index is 381. The number of nitrogens with one attached hydrogen (secondary N) is 1. The molecular weight excluding hydrogens is 230 g/mol. The molecule has 6 heteroatoms. The number of nitrogens with two attached hydrogens (primary N) is 2. The molecule has 1 aromatic rings. The van der Waals surface area contributed by atoms with E-state index in [1.807, 2.05) is 0 Å². The second-order valence-electron chi connectivity index (χ2n) is 5.03. The van der Waals surface area contributed by atoms with Crippen molar-refractivity contribution in [2.75, 3.05) is 23.3 Å². The number of rotatable bonds is 3. The monoisotopic (exact) mass is 251 g/mol. The quantitative estimate of drug-likeness (QED) is 0.600. The Morgan fingerprint density at radius 3 is 2.44 bits per heavy atom. The Morgan fingerprint density at radius 2 is 1.83 bits per heavy atom. The third-order valence-corrected chi connectivity index (χ3v) is 3.40. The highest BCUT2D eigenvalue weighted by Gasteiger charge is 2.27. The molecule has 0 radical (unpaired) electrons. The minimum atomic E-state index is -0.648. The van der Waals surface area contributed by atoms with E-state index < -0.39 is 5.60 Å². The van der Waals surface area contributed by atoms with Gasteiger partial charge in [-0.2, -0.15) is 9.97 Å². The fourth-order valence-electron chi connectivity index (χ4n) is 2.39. The van der Waals surface area contributed by atoms with Crippen molar-refractivity contribution >= 4 is 17.6 Å². The van der Waals surface area contributed by atoms with E-state index >= 15 is 0 Å². The summed E-state index contributed by atoms with van der Waals surface area (Å²) >= 11 is 0. The summed E-state index contributed by atoms with van der Waals surface area (Å²) < 4.78 is 0. The van der Waals surface area contributed by atoms with Gasteiger partial charge in [-0.25, -0.2) is 0 Å². The van der Waals surface area contributed by atoms with E-state index in [9.17, 15) is 5.11 Å². The maximum Gasteiger partial charge on any atom is 0.223 e. The lowest BCUT2D eigenvalue weighted by molar-refractivity contribution is 0.0380. The second kappa shape index (κ2) is 5.39. The molecule has 0 aliphatic heterocycles. The predicted octanol–water partition coefficient (Wildman–Crippen LogP) is 1.14. The smallest absolute Gasteiger partial charge is 0.223 e. The van der Waals surface area contributed by atoms with E-state index in [2.05, 4.69) is 15.3 Å². The third-order valence-electron chi connectivity index (χ3n) is 3.40. The average Bonchev–Trinajstić information content (AvgIpc) is 2.51. The van der Waals surface area contributed by atoms with Crippen LogP contribution < -0.4 is 16.8 Å². The number of anilines is 3. The topological polar surface area (TPSA) is 110 Å². The van der Waals surface area contributed by atoms with Crippen molar-refractivity contribution in [3.63, 3.8) is 0 Å². The third kappa shape index (κ3) is 3.46. The first-order chi connectivity index (χ1) is 8.57. The van der Waals surface area contributed by atoms with E-state index in [4.69, 9.17) is 11.5 Å². The van der Waals surface area contributed by atoms with Crippen molar-refractivity contribution in [2.45, 2.75) is 44.1 Å². The van der Waals surface area contributed by atoms with Crippen molar-refractivity contribution in [1.29, 1.82) is 0 Å². The van der Waals surface area contributed by atoms with Gasteiger partial charge in [-0.05, 0) is 12.8 Å². The molecule has 1 aliphatic rings. The van der Waals surface area contributed by atoms with Gasteiger partial charge in [-0.15, -0.1) is 0 Å². The molecule has 100 valence electrons. The van der Waals surface area contributed by atoms with Crippen LogP contribution in [0.4, 0.5) is 17.6 Å². The van der Waals surface area contributed by atoms with Gasteiger partial charge in [0.05, 0.1) is 5.60 Å². The first-order valence-corrected chi connectivity index (χ1v) is 6.44. The molecule has 0 bridgehead atoms. The standard InChI is InChI=1S/C12H21N5O/c13-9-7-10(17-11(14)16-9)15-8-12(18)5-3-1-2-4-6-12/h7,18H,1-6,8H2,(H5,13,14,15,16,17). The Hall–Kier alpha value is -1.56. The normalized spacial score (nSPS) is 19.2. The van der Waals surface area contributed by atoms with Crippen LogP contribution >= 0.6 is 0 Å². The lowest BCUT2D eigenvalue weighted by atomic mass is 9.94. The highest BCUT2D eigenvalue weighted by molar-refractivity contribution is 5.48. The molecule has 1 aliphatic carbocycles. The second-order valence-corrected chi connectivity index (χ2v) is 5.03. The van der Waals surface area contributed by atoms with E-state index in [1.54, 1.807) is 6.07 Å². The minimum absolute atomic E-state index is 0.144. The van der Waals surface area contributed by atoms with Crippen LogP contribution in [0.3, 0.4) is 0 Å². The van der Waals surface area contributed by atoms with Gasteiger partial charge in [-0.1, -0.05) is 25.7 Å². The fourth-order valence-corrected chi connectivity index (χ4v) is 2.39. The fraction of sp³-hybridized carbons (Fsp3) is 0.667. The summed E-state index contributed by atoms with van der Waals surface area (Å²) in [6.45, 7) is 0.475. The van der Waals surface area contributed by atoms with Crippen LogP contribution in [0.5, 0.6) is 0 Å². The maximum atomic E-state index is 10.5. The first kappa shape index (κ1) is 12.9. The lowest BCUT2D eigenvalue weighted by Gasteiger charge is -2.27. The lowest BCUT2D eigenvalue weighted by Crippen LogP contribution is -2.36. The molecule has 6 nitrogen and oxygen atoms in total. The van der Waals surface area contributed by atoms with Gasteiger partial charge in [0.2, 0.25) is 5.95 Å². The van der Waals surface area contributed by atoms with Crippen molar-refractivity contribution in [2.24, 2.45) is 0 Å². The molecule has 1 aromatic heterocycles. The van der Waals surface area contributed by atoms with Gasteiger partial charge in [0, 0.05) is 12.6 Å². The first-order valence-electron chi connectivity index (χ1n) is 6.44. The van der Waals surface area contributed by atoms with Crippen molar-refractivity contribution in [3.05, 3.63) is 6.07 Å². The molecule has 18 heavy (non-hydrogen) atoms. The van der Waals surface area contributed by atoms with Gasteiger partial charge >= 0.3 is 0 Å². The molecular formula is C12H21N5O. The zero-order valence-corrected chi connectivity index (χ0v) is 10.5. The zero-order valence-electron chi connectivity index (χ0n) is 10.5. The van der Waals surface area contributed by atoms with Crippen LogP contribution in [0.25, 0.3) is 0 Å². The molecule has 1 heterocycles. The number of hydrogen-bond acceptors (Lipinski definition) is 6. The van der Waals surface area contributed by atoms with Gasteiger partial charge in [0.25, 0.3) is 0 Å². The molecule has 1 fully saturated rings. The predicted molar refractivity (Wildman–Crippen MR) is 72.0 cm³/mol. The average molecular weight is 251 g/mol. The molecule has 0 saturated heterocycles. The Labute approximate surface area is 107 Å². The van der Waals surface area contributed by atoms with Crippen LogP contribution in [0.2, 0.25) is 0 Å². The molecule has 0 amide bonds. The van der Waals surface area contributed by atoms with Crippen LogP contribution in [-0.4, -0.2) is 27.2 Å². The number of aliphatic hydroxyl groups is 1. The maximum absolute atomic E-state index is 10.5. The van der Waals surface area contributed by atoms with Gasteiger partial charge in [0.15, 0.2) is 0 Å². The highest BCUT2D eigenvalue weighted by Crippen LogP contribution is 2.27. The zero-order chi connectivity index (χ0) is 13.0. The Balaban J connectivity index is 1.97. The molecule has 0 unspecified atom stereocenters. The summed E-state index contributed by atoms with van der Waals surface area (Å²) in [5.74, 6) is 1.04. The summed E-state index contributed by atoms with van der Waals surface area (Å²) in [5.41, 5.74) is 10.5. The molecule has 0 aromatic carbocycles. The van der Waals surface area contributed by atoms with Gasteiger partial charge < -0.3 is 21.9 Å². The van der Waals surface area contributed by atoms with Crippen molar-refractivity contribution < 1.29 is 5.11 Å². The molecule has 2 rings (SSSR count). The number of hydrogen-bond donors (Lipinski definition) is 4. The summed E-state index contributed by atoms with van der Waals surface area (Å²) in [7, 11) is 0. The summed E-state index contributed by atoms with van der Waals surface area (Å²) in [4.78, 5) is 7.84. The van der Waals surface area contributed by atoms with Gasteiger partial charge in [-0.3, -0.25) is 0 Å².